The molecule has 0 aliphatic heterocycles. The summed E-state index contributed by atoms with van der Waals surface area (Å²) in [7, 11) is 2.24. The zero-order chi connectivity index (χ0) is 11.1. The molecule has 1 rings (SSSR count). The Bertz CT molecular complexity index is 175. The average molecular weight is 210 g/mol. The first-order chi connectivity index (χ1) is 7.27. The van der Waals surface area contributed by atoms with E-state index in [0.29, 0.717) is 6.04 Å². The van der Waals surface area contributed by atoms with Crippen molar-refractivity contribution in [1.29, 1.82) is 0 Å². The molecule has 2 heteroatoms. The number of allylic oxidation sites excluding steroid dienone is 1. The van der Waals surface area contributed by atoms with Crippen LogP contribution in [0, 0.1) is 0 Å². The maximum atomic E-state index is 3.76. The van der Waals surface area contributed by atoms with Crippen LogP contribution in [0.2, 0.25) is 0 Å². The molecule has 1 N–H and O–H groups in total. The van der Waals surface area contributed by atoms with E-state index in [1.165, 1.54) is 32.2 Å². The lowest BCUT2D eigenvalue weighted by molar-refractivity contribution is 0.227. The van der Waals surface area contributed by atoms with E-state index >= 15 is 0 Å². The molecule has 1 aliphatic carbocycles. The number of nitrogens with zero attached hydrogens (tertiary/aromatic N) is 1. The van der Waals surface area contributed by atoms with E-state index in [9.17, 15) is 0 Å². The molecule has 0 radical (unpaired) electrons. The van der Waals surface area contributed by atoms with Crippen molar-refractivity contribution in [3.05, 3.63) is 12.7 Å². The van der Waals surface area contributed by atoms with Gasteiger partial charge < -0.3 is 10.2 Å². The van der Waals surface area contributed by atoms with Gasteiger partial charge in [0, 0.05) is 18.6 Å². The number of nitrogens with one attached hydrogen (secondary N) is 1. The van der Waals surface area contributed by atoms with Crippen LogP contribution in [0.5, 0.6) is 0 Å². The zero-order valence-electron chi connectivity index (χ0n) is 10.3. The molecule has 0 saturated heterocycles. The highest BCUT2D eigenvalue weighted by molar-refractivity contribution is 4.83. The Morgan fingerprint density at radius 3 is 2.80 bits per heavy atom. The minimum absolute atomic E-state index is 0.704. The third-order valence-corrected chi connectivity index (χ3v) is 3.23. The fourth-order valence-corrected chi connectivity index (χ4v) is 1.87. The predicted molar refractivity (Wildman–Crippen MR) is 67.2 cm³/mol. The summed E-state index contributed by atoms with van der Waals surface area (Å²) < 4.78 is 0. The van der Waals surface area contributed by atoms with Crippen LogP contribution in [-0.2, 0) is 0 Å². The summed E-state index contributed by atoms with van der Waals surface area (Å²) in [6.07, 6.45) is 8.39. The highest BCUT2D eigenvalue weighted by Gasteiger charge is 2.22. The Morgan fingerprint density at radius 1 is 1.53 bits per heavy atom. The van der Waals surface area contributed by atoms with Gasteiger partial charge in [0.1, 0.15) is 0 Å². The number of rotatable bonds is 9. The van der Waals surface area contributed by atoms with E-state index < -0.39 is 0 Å². The monoisotopic (exact) mass is 210 g/mol. The molecule has 1 aliphatic rings. The molecular formula is C13H26N2. The second-order valence-corrected chi connectivity index (χ2v) is 4.66. The van der Waals surface area contributed by atoms with Gasteiger partial charge in [-0.1, -0.05) is 13.0 Å². The molecule has 88 valence electrons. The minimum atomic E-state index is 0.704. The largest absolute Gasteiger partial charge is 0.312 e. The predicted octanol–water partition coefficient (Wildman–Crippen LogP) is 2.42. The maximum absolute atomic E-state index is 3.76. The lowest BCUT2D eigenvalue weighted by Gasteiger charge is -2.27. The van der Waals surface area contributed by atoms with Crippen LogP contribution in [0.3, 0.4) is 0 Å². The summed E-state index contributed by atoms with van der Waals surface area (Å²) in [6, 6.07) is 1.54. The highest BCUT2D eigenvalue weighted by Crippen LogP contribution is 2.18. The normalized spacial score (nSPS) is 18.1. The van der Waals surface area contributed by atoms with Crippen molar-refractivity contribution < 1.29 is 0 Å². The fraction of sp³-hybridized carbons (Fsp3) is 0.846. The van der Waals surface area contributed by atoms with Crippen molar-refractivity contribution in [2.45, 2.75) is 51.1 Å². The second kappa shape index (κ2) is 7.02. The molecule has 1 saturated carbocycles. The third kappa shape index (κ3) is 5.33. The van der Waals surface area contributed by atoms with E-state index in [2.05, 4.69) is 30.8 Å². The van der Waals surface area contributed by atoms with E-state index in [1.807, 2.05) is 6.08 Å². The van der Waals surface area contributed by atoms with Gasteiger partial charge in [-0.25, -0.2) is 0 Å². The van der Waals surface area contributed by atoms with Crippen LogP contribution < -0.4 is 5.32 Å². The molecule has 0 aromatic rings. The van der Waals surface area contributed by atoms with E-state index in [4.69, 9.17) is 0 Å². The first-order valence-electron chi connectivity index (χ1n) is 6.32. The maximum Gasteiger partial charge on any atom is 0.0215 e. The Balaban J connectivity index is 2.12. The standard InChI is InChI=1S/C13H26N2/c1-4-6-7-10-15(3)13(5-2)11-14-12-8-9-12/h4,12-14H,1,5-11H2,2-3H3. The molecule has 15 heavy (non-hydrogen) atoms. The molecule has 0 bridgehead atoms. The average Bonchev–Trinajstić information content (AvgIpc) is 3.03. The van der Waals surface area contributed by atoms with Crippen molar-refractivity contribution >= 4 is 0 Å². The number of hydrogen-bond acceptors (Lipinski definition) is 2. The van der Waals surface area contributed by atoms with Gasteiger partial charge in [0.05, 0.1) is 0 Å². The van der Waals surface area contributed by atoms with Crippen LogP contribution in [-0.4, -0.2) is 37.1 Å². The third-order valence-electron chi connectivity index (χ3n) is 3.23. The smallest absolute Gasteiger partial charge is 0.0215 e. The van der Waals surface area contributed by atoms with Gasteiger partial charge in [-0.3, -0.25) is 0 Å². The van der Waals surface area contributed by atoms with Crippen molar-refractivity contribution in [3.63, 3.8) is 0 Å². The Morgan fingerprint density at radius 2 is 2.27 bits per heavy atom. The van der Waals surface area contributed by atoms with Gasteiger partial charge >= 0.3 is 0 Å². The van der Waals surface area contributed by atoms with Gasteiger partial charge in [0.15, 0.2) is 0 Å². The Labute approximate surface area is 94.7 Å². The van der Waals surface area contributed by atoms with Crippen LogP contribution in [0.4, 0.5) is 0 Å². The van der Waals surface area contributed by atoms with Gasteiger partial charge in [-0.2, -0.15) is 0 Å². The molecule has 0 spiro atoms. The molecule has 0 aromatic heterocycles. The number of unbranched alkanes of at least 4 members (excludes halogenated alkanes) is 1. The summed E-state index contributed by atoms with van der Waals surface area (Å²) in [5.41, 5.74) is 0. The lowest BCUT2D eigenvalue weighted by atomic mass is 10.2. The summed E-state index contributed by atoms with van der Waals surface area (Å²) in [5, 5.41) is 3.62. The minimum Gasteiger partial charge on any atom is -0.312 e. The lowest BCUT2D eigenvalue weighted by Crippen LogP contribution is -2.40. The van der Waals surface area contributed by atoms with Crippen molar-refractivity contribution in [3.8, 4) is 0 Å². The highest BCUT2D eigenvalue weighted by atomic mass is 15.1. The van der Waals surface area contributed by atoms with Crippen LogP contribution in [0.1, 0.15) is 39.0 Å². The first kappa shape index (κ1) is 12.7. The van der Waals surface area contributed by atoms with Gasteiger partial charge in [0.25, 0.3) is 0 Å². The van der Waals surface area contributed by atoms with Gasteiger partial charge in [-0.15, -0.1) is 6.58 Å². The topological polar surface area (TPSA) is 15.3 Å². The molecule has 0 amide bonds. The Kier molecular flexibility index (Phi) is 5.96. The van der Waals surface area contributed by atoms with Crippen LogP contribution in [0.25, 0.3) is 0 Å². The van der Waals surface area contributed by atoms with E-state index in [-0.39, 0.29) is 0 Å². The van der Waals surface area contributed by atoms with Gasteiger partial charge in [-0.05, 0) is 45.7 Å². The van der Waals surface area contributed by atoms with Crippen LogP contribution >= 0.6 is 0 Å². The van der Waals surface area contributed by atoms with Gasteiger partial charge in [0.2, 0.25) is 0 Å². The van der Waals surface area contributed by atoms with E-state index in [0.717, 1.165) is 19.0 Å². The molecular weight excluding hydrogens is 184 g/mol. The molecule has 1 fully saturated rings. The van der Waals surface area contributed by atoms with Crippen molar-refractivity contribution in [2.75, 3.05) is 20.1 Å². The summed E-state index contributed by atoms with van der Waals surface area (Å²) in [6.45, 7) is 8.39. The van der Waals surface area contributed by atoms with Crippen molar-refractivity contribution in [2.24, 2.45) is 0 Å². The van der Waals surface area contributed by atoms with Crippen molar-refractivity contribution in [1.82, 2.24) is 10.2 Å². The molecule has 0 aromatic carbocycles. The van der Waals surface area contributed by atoms with Crippen LogP contribution in [0.15, 0.2) is 12.7 Å². The number of hydrogen-bond donors (Lipinski definition) is 1. The second-order valence-electron chi connectivity index (χ2n) is 4.66. The molecule has 2 nitrogen and oxygen atoms in total. The van der Waals surface area contributed by atoms with E-state index in [1.54, 1.807) is 0 Å². The molecule has 1 unspecified atom stereocenters. The SMILES string of the molecule is C=CCCCN(C)C(CC)CNC1CC1. The summed E-state index contributed by atoms with van der Waals surface area (Å²) >= 11 is 0. The Hall–Kier alpha value is -0.340. The zero-order valence-corrected chi connectivity index (χ0v) is 10.3. The molecule has 1 atom stereocenters. The fourth-order valence-electron chi connectivity index (χ4n) is 1.87. The summed E-state index contributed by atoms with van der Waals surface area (Å²) in [5.74, 6) is 0. The summed E-state index contributed by atoms with van der Waals surface area (Å²) in [4.78, 5) is 2.48. The first-order valence-corrected chi connectivity index (χ1v) is 6.32. The quantitative estimate of drug-likeness (QED) is 0.464. The molecule has 0 heterocycles. The number of likely N-dealkylation sites (N-methyl/N-ethyl adjacent to an activating group) is 1.